The Morgan fingerprint density at radius 1 is 1.12 bits per heavy atom. The molecule has 0 spiro atoms. The van der Waals surface area contributed by atoms with Crippen molar-refractivity contribution in [2.24, 2.45) is 7.05 Å². The molecule has 0 bridgehead atoms. The molecule has 7 heteroatoms. The summed E-state index contributed by atoms with van der Waals surface area (Å²) in [5, 5.41) is 15.6. The van der Waals surface area contributed by atoms with Crippen molar-refractivity contribution in [1.82, 2.24) is 24.8 Å². The minimum absolute atomic E-state index is 0.0315. The number of aromatic nitrogens is 5. The number of hydrogen-bond acceptors (Lipinski definition) is 4. The third-order valence-electron chi connectivity index (χ3n) is 4.28. The van der Waals surface area contributed by atoms with Gasteiger partial charge in [0.15, 0.2) is 5.82 Å². The SMILES string of the molecule is Cn1nnnc1-c1cccc(NC(=O)CCn2ccc3ccccc32)c1. The number of tetrazole rings is 1. The van der Waals surface area contributed by atoms with Gasteiger partial charge in [-0.15, -0.1) is 5.10 Å². The van der Waals surface area contributed by atoms with E-state index in [2.05, 4.69) is 43.6 Å². The molecule has 7 nitrogen and oxygen atoms in total. The number of anilines is 1. The third-order valence-corrected chi connectivity index (χ3v) is 4.28. The summed E-state index contributed by atoms with van der Waals surface area (Å²) in [6.45, 7) is 0.631. The van der Waals surface area contributed by atoms with Crippen LogP contribution < -0.4 is 5.32 Å². The Morgan fingerprint density at radius 3 is 2.85 bits per heavy atom. The number of carbonyl (C=O) groups is 1. The molecule has 0 atom stereocenters. The van der Waals surface area contributed by atoms with E-state index in [1.807, 2.05) is 42.6 Å². The van der Waals surface area contributed by atoms with Gasteiger partial charge in [0.25, 0.3) is 0 Å². The molecule has 0 fully saturated rings. The number of para-hydroxylation sites is 1. The fourth-order valence-corrected chi connectivity index (χ4v) is 2.99. The molecule has 2 aromatic heterocycles. The van der Waals surface area contributed by atoms with Gasteiger partial charge in [0, 0.05) is 43.0 Å². The lowest BCUT2D eigenvalue weighted by atomic mass is 10.2. The summed E-state index contributed by atoms with van der Waals surface area (Å²) in [4.78, 5) is 12.3. The molecular weight excluding hydrogens is 328 g/mol. The van der Waals surface area contributed by atoms with Crippen LogP contribution in [0.4, 0.5) is 5.69 Å². The van der Waals surface area contributed by atoms with Gasteiger partial charge in [-0.3, -0.25) is 4.79 Å². The van der Waals surface area contributed by atoms with Gasteiger partial charge in [0.2, 0.25) is 5.91 Å². The topological polar surface area (TPSA) is 77.6 Å². The van der Waals surface area contributed by atoms with E-state index in [-0.39, 0.29) is 5.91 Å². The van der Waals surface area contributed by atoms with Crippen molar-refractivity contribution in [2.45, 2.75) is 13.0 Å². The maximum Gasteiger partial charge on any atom is 0.226 e. The molecule has 0 radical (unpaired) electrons. The normalized spacial score (nSPS) is 11.0. The van der Waals surface area contributed by atoms with Gasteiger partial charge >= 0.3 is 0 Å². The second-order valence-electron chi connectivity index (χ2n) is 6.07. The van der Waals surface area contributed by atoms with E-state index in [1.54, 1.807) is 11.7 Å². The van der Waals surface area contributed by atoms with Gasteiger partial charge in [-0.25, -0.2) is 4.68 Å². The number of fused-ring (bicyclic) bond motifs is 1. The number of benzene rings is 2. The molecule has 130 valence electrons. The molecule has 26 heavy (non-hydrogen) atoms. The summed E-state index contributed by atoms with van der Waals surface area (Å²) < 4.78 is 3.69. The number of carbonyl (C=O) groups excluding carboxylic acids is 1. The van der Waals surface area contributed by atoms with Crippen LogP contribution in [-0.4, -0.2) is 30.7 Å². The molecule has 0 saturated heterocycles. The molecule has 4 rings (SSSR count). The molecule has 2 heterocycles. The second-order valence-corrected chi connectivity index (χ2v) is 6.07. The maximum absolute atomic E-state index is 12.3. The summed E-state index contributed by atoms with van der Waals surface area (Å²) in [6.07, 6.45) is 2.41. The van der Waals surface area contributed by atoms with Crippen LogP contribution in [0.25, 0.3) is 22.3 Å². The van der Waals surface area contributed by atoms with Crippen molar-refractivity contribution in [3.63, 3.8) is 0 Å². The van der Waals surface area contributed by atoms with Crippen molar-refractivity contribution >= 4 is 22.5 Å². The number of rotatable bonds is 5. The Morgan fingerprint density at radius 2 is 2.00 bits per heavy atom. The third kappa shape index (κ3) is 3.19. The molecule has 1 amide bonds. The molecular formula is C19H18N6O. The van der Waals surface area contributed by atoms with Gasteiger partial charge in [-0.05, 0) is 40.1 Å². The summed E-state index contributed by atoms with van der Waals surface area (Å²) in [5.41, 5.74) is 2.72. The average Bonchev–Trinajstić information content (AvgIpc) is 3.26. The molecule has 2 aromatic carbocycles. The van der Waals surface area contributed by atoms with Crippen molar-refractivity contribution in [2.75, 3.05) is 5.32 Å². The van der Waals surface area contributed by atoms with Gasteiger partial charge in [0.05, 0.1) is 0 Å². The molecule has 0 aliphatic carbocycles. The van der Waals surface area contributed by atoms with Gasteiger partial charge < -0.3 is 9.88 Å². The first-order valence-corrected chi connectivity index (χ1v) is 8.37. The fourth-order valence-electron chi connectivity index (χ4n) is 2.99. The number of nitrogens with zero attached hydrogens (tertiary/aromatic N) is 5. The van der Waals surface area contributed by atoms with Gasteiger partial charge in [-0.1, -0.05) is 30.3 Å². The predicted molar refractivity (Wildman–Crippen MR) is 99.4 cm³/mol. The van der Waals surface area contributed by atoms with Crippen molar-refractivity contribution < 1.29 is 4.79 Å². The van der Waals surface area contributed by atoms with E-state index in [4.69, 9.17) is 0 Å². The molecule has 0 aliphatic rings. The van der Waals surface area contributed by atoms with Crippen LogP contribution >= 0.6 is 0 Å². The first-order chi connectivity index (χ1) is 12.7. The van der Waals surface area contributed by atoms with Crippen molar-refractivity contribution in [3.05, 3.63) is 60.8 Å². The van der Waals surface area contributed by atoms with Crippen LogP contribution in [0.1, 0.15) is 6.42 Å². The summed E-state index contributed by atoms with van der Waals surface area (Å²) in [7, 11) is 1.78. The van der Waals surface area contributed by atoms with E-state index >= 15 is 0 Å². The molecule has 0 unspecified atom stereocenters. The highest BCUT2D eigenvalue weighted by atomic mass is 16.1. The van der Waals surface area contributed by atoms with E-state index in [0.29, 0.717) is 18.8 Å². The highest BCUT2D eigenvalue weighted by Crippen LogP contribution is 2.20. The van der Waals surface area contributed by atoms with Gasteiger partial charge in [0.1, 0.15) is 0 Å². The van der Waals surface area contributed by atoms with Crippen LogP contribution in [0.15, 0.2) is 60.8 Å². The lowest BCUT2D eigenvalue weighted by Crippen LogP contribution is -2.14. The van der Waals surface area contributed by atoms with Crippen LogP contribution in [0.2, 0.25) is 0 Å². The van der Waals surface area contributed by atoms with Crippen molar-refractivity contribution in [3.8, 4) is 11.4 Å². The van der Waals surface area contributed by atoms with Crippen LogP contribution in [0.3, 0.4) is 0 Å². The zero-order chi connectivity index (χ0) is 17.9. The average molecular weight is 346 g/mol. The molecule has 0 saturated carbocycles. The number of aryl methyl sites for hydroxylation is 2. The van der Waals surface area contributed by atoms with Crippen LogP contribution in [0.5, 0.6) is 0 Å². The predicted octanol–water partition coefficient (Wildman–Crippen LogP) is 2.86. The minimum atomic E-state index is -0.0315. The summed E-state index contributed by atoms with van der Waals surface area (Å²) in [6, 6.07) is 17.7. The monoisotopic (exact) mass is 346 g/mol. The van der Waals surface area contributed by atoms with E-state index in [1.165, 1.54) is 5.39 Å². The minimum Gasteiger partial charge on any atom is -0.347 e. The zero-order valence-electron chi connectivity index (χ0n) is 14.3. The fraction of sp³-hybridized carbons (Fsp3) is 0.158. The summed E-state index contributed by atoms with van der Waals surface area (Å²) >= 11 is 0. The van der Waals surface area contributed by atoms with E-state index < -0.39 is 0 Å². The lowest BCUT2D eigenvalue weighted by molar-refractivity contribution is -0.116. The van der Waals surface area contributed by atoms with E-state index in [9.17, 15) is 4.79 Å². The highest BCUT2D eigenvalue weighted by Gasteiger charge is 2.09. The number of hydrogen-bond donors (Lipinski definition) is 1. The van der Waals surface area contributed by atoms with E-state index in [0.717, 1.165) is 16.8 Å². The molecule has 1 N–H and O–H groups in total. The first kappa shape index (κ1) is 16.0. The Kier molecular flexibility index (Phi) is 4.18. The van der Waals surface area contributed by atoms with Crippen LogP contribution in [0, 0.1) is 0 Å². The van der Waals surface area contributed by atoms with Gasteiger partial charge in [-0.2, -0.15) is 0 Å². The van der Waals surface area contributed by atoms with Crippen LogP contribution in [-0.2, 0) is 18.4 Å². The largest absolute Gasteiger partial charge is 0.347 e. The molecule has 4 aromatic rings. The zero-order valence-corrected chi connectivity index (χ0v) is 14.3. The summed E-state index contributed by atoms with van der Waals surface area (Å²) in [5.74, 6) is 0.621. The van der Waals surface area contributed by atoms with Crippen molar-refractivity contribution in [1.29, 1.82) is 0 Å². The Bertz CT molecular complexity index is 1060. The first-order valence-electron chi connectivity index (χ1n) is 8.37. The number of amides is 1. The maximum atomic E-state index is 12.3. The lowest BCUT2D eigenvalue weighted by Gasteiger charge is -2.08. The second kappa shape index (κ2) is 6.79. The molecule has 0 aliphatic heterocycles. The Hall–Kier alpha value is -3.48. The smallest absolute Gasteiger partial charge is 0.226 e. The highest BCUT2D eigenvalue weighted by molar-refractivity contribution is 5.91. The number of nitrogens with one attached hydrogen (secondary N) is 1. The Labute approximate surface area is 150 Å². The Balaban J connectivity index is 1.43. The standard InChI is InChI=1S/C19H18N6O/c1-24-19(21-22-23-24)15-6-4-7-16(13-15)20-18(26)10-12-25-11-9-14-5-2-3-8-17(14)25/h2-9,11,13H,10,12H2,1H3,(H,20,26). The quantitative estimate of drug-likeness (QED) is 0.603.